The van der Waals surface area contributed by atoms with Gasteiger partial charge in [-0.25, -0.2) is 0 Å². The summed E-state index contributed by atoms with van der Waals surface area (Å²) in [5.74, 6) is 0. The molecule has 0 saturated heterocycles. The lowest BCUT2D eigenvalue weighted by Gasteiger charge is -2.41. The fraction of sp³-hybridized carbons (Fsp3) is 0.500. The molecule has 1 aromatic carbocycles. The van der Waals surface area contributed by atoms with Crippen LogP contribution in [0.25, 0.3) is 0 Å². The molecule has 0 saturated carbocycles. The molecule has 0 heterocycles. The molecule has 2 atom stereocenters. The van der Waals surface area contributed by atoms with Crippen LogP contribution in [0.3, 0.4) is 0 Å². The molecule has 1 nitrogen and oxygen atoms in total. The van der Waals surface area contributed by atoms with Gasteiger partial charge in [0.05, 0.1) is 0 Å². The Hall–Kier alpha value is -1.08. The minimum absolute atomic E-state index is 0.311. The summed E-state index contributed by atoms with van der Waals surface area (Å²) in [5, 5.41) is 3.70. The SMILES string of the molecule is C=CC(C)NC1c2ccccc2CCC1(C)C. The summed E-state index contributed by atoms with van der Waals surface area (Å²) in [6.45, 7) is 10.7. The molecule has 2 rings (SSSR count). The standard InChI is InChI=1S/C16H23N/c1-5-12(2)17-15-14-9-7-6-8-13(14)10-11-16(15,3)4/h5-9,12,15,17H,1,10-11H2,2-4H3. The molecule has 2 unspecified atom stereocenters. The number of hydrogen-bond donors (Lipinski definition) is 1. The van der Waals surface area contributed by atoms with Crippen molar-refractivity contribution in [1.29, 1.82) is 0 Å². The third-order valence-corrected chi connectivity index (χ3v) is 3.97. The molecule has 1 aliphatic rings. The van der Waals surface area contributed by atoms with Crippen molar-refractivity contribution < 1.29 is 0 Å². The third-order valence-electron chi connectivity index (χ3n) is 3.97. The van der Waals surface area contributed by atoms with E-state index in [9.17, 15) is 0 Å². The summed E-state index contributed by atoms with van der Waals surface area (Å²) in [6, 6.07) is 9.60. The van der Waals surface area contributed by atoms with Gasteiger partial charge in [0.2, 0.25) is 0 Å². The van der Waals surface area contributed by atoms with Crippen LogP contribution in [0.2, 0.25) is 0 Å². The number of rotatable bonds is 3. The van der Waals surface area contributed by atoms with Crippen molar-refractivity contribution >= 4 is 0 Å². The highest BCUT2D eigenvalue weighted by Crippen LogP contribution is 2.43. The molecule has 1 N–H and O–H groups in total. The summed E-state index contributed by atoms with van der Waals surface area (Å²) >= 11 is 0. The fourth-order valence-corrected chi connectivity index (χ4v) is 2.71. The van der Waals surface area contributed by atoms with E-state index in [2.05, 4.69) is 56.9 Å². The van der Waals surface area contributed by atoms with Gasteiger partial charge in [-0.2, -0.15) is 0 Å². The van der Waals surface area contributed by atoms with Gasteiger partial charge < -0.3 is 5.32 Å². The topological polar surface area (TPSA) is 12.0 Å². The van der Waals surface area contributed by atoms with Crippen LogP contribution in [0.1, 0.15) is 44.4 Å². The summed E-state index contributed by atoms with van der Waals surface area (Å²) in [7, 11) is 0. The zero-order valence-corrected chi connectivity index (χ0v) is 11.2. The zero-order chi connectivity index (χ0) is 12.5. The molecule has 1 aromatic rings. The van der Waals surface area contributed by atoms with Crippen LogP contribution in [-0.2, 0) is 6.42 Å². The molecule has 0 amide bonds. The van der Waals surface area contributed by atoms with E-state index in [1.54, 1.807) is 0 Å². The van der Waals surface area contributed by atoms with E-state index >= 15 is 0 Å². The van der Waals surface area contributed by atoms with Crippen molar-refractivity contribution in [3.63, 3.8) is 0 Å². The second kappa shape index (κ2) is 4.66. The van der Waals surface area contributed by atoms with E-state index in [0.29, 0.717) is 17.5 Å². The first-order valence-corrected chi connectivity index (χ1v) is 6.51. The third kappa shape index (κ3) is 2.44. The van der Waals surface area contributed by atoms with E-state index in [1.165, 1.54) is 24.0 Å². The average molecular weight is 229 g/mol. The Balaban J connectivity index is 2.35. The summed E-state index contributed by atoms with van der Waals surface area (Å²) < 4.78 is 0. The van der Waals surface area contributed by atoms with E-state index in [-0.39, 0.29) is 0 Å². The van der Waals surface area contributed by atoms with Crippen LogP contribution >= 0.6 is 0 Å². The molecule has 0 spiro atoms. The smallest absolute Gasteiger partial charge is 0.0379 e. The van der Waals surface area contributed by atoms with Crippen LogP contribution < -0.4 is 5.32 Å². The van der Waals surface area contributed by atoms with Crippen molar-refractivity contribution in [3.05, 3.63) is 48.0 Å². The number of nitrogens with one attached hydrogen (secondary N) is 1. The van der Waals surface area contributed by atoms with Crippen molar-refractivity contribution in [1.82, 2.24) is 5.32 Å². The van der Waals surface area contributed by atoms with E-state index < -0.39 is 0 Å². The molecule has 1 heteroatoms. The number of aryl methyl sites for hydroxylation is 1. The Bertz CT molecular complexity index is 406. The van der Waals surface area contributed by atoms with Gasteiger partial charge in [-0.05, 0) is 36.3 Å². The number of benzene rings is 1. The molecule has 0 aromatic heterocycles. The van der Waals surface area contributed by atoms with E-state index in [4.69, 9.17) is 0 Å². The maximum Gasteiger partial charge on any atom is 0.0379 e. The van der Waals surface area contributed by atoms with Gasteiger partial charge in [0.1, 0.15) is 0 Å². The molecule has 0 bridgehead atoms. The molecule has 1 aliphatic carbocycles. The van der Waals surface area contributed by atoms with Gasteiger partial charge in [-0.1, -0.05) is 44.2 Å². The van der Waals surface area contributed by atoms with Crippen molar-refractivity contribution in [2.75, 3.05) is 0 Å². The maximum atomic E-state index is 3.87. The Morgan fingerprint density at radius 2 is 2.12 bits per heavy atom. The monoisotopic (exact) mass is 229 g/mol. The predicted molar refractivity (Wildman–Crippen MR) is 74.1 cm³/mol. The Morgan fingerprint density at radius 3 is 2.82 bits per heavy atom. The Kier molecular flexibility index (Phi) is 3.39. The molecular formula is C16H23N. The normalized spacial score (nSPS) is 23.8. The van der Waals surface area contributed by atoms with Crippen LogP contribution in [0.15, 0.2) is 36.9 Å². The molecule has 0 aliphatic heterocycles. The Labute approximate surface area is 105 Å². The summed E-state index contributed by atoms with van der Waals surface area (Å²) in [6.07, 6.45) is 4.42. The van der Waals surface area contributed by atoms with Crippen molar-refractivity contribution in [2.24, 2.45) is 5.41 Å². The maximum absolute atomic E-state index is 3.87. The highest BCUT2D eigenvalue weighted by atomic mass is 15.0. The second-order valence-corrected chi connectivity index (χ2v) is 5.81. The van der Waals surface area contributed by atoms with Gasteiger partial charge in [0.25, 0.3) is 0 Å². The highest BCUT2D eigenvalue weighted by Gasteiger charge is 2.35. The van der Waals surface area contributed by atoms with Gasteiger partial charge in [0.15, 0.2) is 0 Å². The number of hydrogen-bond acceptors (Lipinski definition) is 1. The van der Waals surface area contributed by atoms with Crippen LogP contribution in [0, 0.1) is 5.41 Å². The summed E-state index contributed by atoms with van der Waals surface area (Å²) in [5.41, 5.74) is 3.28. The summed E-state index contributed by atoms with van der Waals surface area (Å²) in [4.78, 5) is 0. The van der Waals surface area contributed by atoms with Crippen molar-refractivity contribution in [2.45, 2.75) is 45.7 Å². The zero-order valence-electron chi connectivity index (χ0n) is 11.2. The van der Waals surface area contributed by atoms with Gasteiger partial charge in [-0.15, -0.1) is 6.58 Å². The fourth-order valence-electron chi connectivity index (χ4n) is 2.71. The van der Waals surface area contributed by atoms with Gasteiger partial charge >= 0.3 is 0 Å². The Morgan fingerprint density at radius 1 is 1.41 bits per heavy atom. The first kappa shape index (κ1) is 12.4. The lowest BCUT2D eigenvalue weighted by Crippen LogP contribution is -2.41. The highest BCUT2D eigenvalue weighted by molar-refractivity contribution is 5.34. The van der Waals surface area contributed by atoms with Crippen molar-refractivity contribution in [3.8, 4) is 0 Å². The first-order chi connectivity index (χ1) is 8.04. The minimum atomic E-state index is 0.311. The van der Waals surface area contributed by atoms with E-state index in [1.807, 2.05) is 6.08 Å². The molecule has 0 fully saturated rings. The second-order valence-electron chi connectivity index (χ2n) is 5.81. The predicted octanol–water partition coefficient (Wildman–Crippen LogP) is 3.86. The van der Waals surface area contributed by atoms with Crippen LogP contribution in [0.4, 0.5) is 0 Å². The molecule has 0 radical (unpaired) electrons. The largest absolute Gasteiger partial charge is 0.303 e. The van der Waals surface area contributed by atoms with Crippen LogP contribution in [-0.4, -0.2) is 6.04 Å². The minimum Gasteiger partial charge on any atom is -0.303 e. The lowest BCUT2D eigenvalue weighted by molar-refractivity contribution is 0.203. The van der Waals surface area contributed by atoms with Gasteiger partial charge in [0, 0.05) is 12.1 Å². The first-order valence-electron chi connectivity index (χ1n) is 6.51. The molecule has 92 valence electrons. The molecular weight excluding hydrogens is 206 g/mol. The molecule has 17 heavy (non-hydrogen) atoms. The van der Waals surface area contributed by atoms with Crippen LogP contribution in [0.5, 0.6) is 0 Å². The quantitative estimate of drug-likeness (QED) is 0.776. The number of fused-ring (bicyclic) bond motifs is 1. The lowest BCUT2D eigenvalue weighted by atomic mass is 9.70. The van der Waals surface area contributed by atoms with Gasteiger partial charge in [-0.3, -0.25) is 0 Å². The average Bonchev–Trinajstić information content (AvgIpc) is 2.32. The van der Waals surface area contributed by atoms with E-state index in [0.717, 1.165) is 0 Å².